The first-order valence-corrected chi connectivity index (χ1v) is 6.31. The Morgan fingerprint density at radius 3 is 2.68 bits per heavy atom. The van der Waals surface area contributed by atoms with E-state index in [4.69, 9.17) is 5.73 Å². The molecule has 7 heteroatoms. The molecule has 0 aromatic carbocycles. The molecule has 0 aliphatic heterocycles. The fraction of sp³-hybridized carbons (Fsp3) is 0.583. The van der Waals surface area contributed by atoms with Crippen molar-refractivity contribution in [3.8, 4) is 0 Å². The normalized spacial score (nSPS) is 19.9. The summed E-state index contributed by atoms with van der Waals surface area (Å²) in [6, 6.07) is -0.0566. The maximum Gasteiger partial charge on any atom is 0.248 e. The minimum absolute atomic E-state index is 0.0566. The van der Waals surface area contributed by atoms with E-state index in [0.29, 0.717) is 35.8 Å². The molecular weight excluding hydrogens is 252 g/mol. The van der Waals surface area contributed by atoms with Gasteiger partial charge in [0, 0.05) is 18.9 Å². The van der Waals surface area contributed by atoms with Crippen LogP contribution in [0.4, 0.5) is 14.7 Å². The summed E-state index contributed by atoms with van der Waals surface area (Å²) in [6.45, 7) is 1.78. The number of aromatic nitrogens is 4. The first kappa shape index (κ1) is 12.3. The average Bonchev–Trinajstić information content (AvgIpc) is 2.65. The van der Waals surface area contributed by atoms with Crippen molar-refractivity contribution in [2.75, 3.05) is 5.73 Å². The van der Waals surface area contributed by atoms with Gasteiger partial charge in [-0.1, -0.05) is 0 Å². The van der Waals surface area contributed by atoms with Crippen molar-refractivity contribution in [3.63, 3.8) is 0 Å². The van der Waals surface area contributed by atoms with Crippen LogP contribution in [0.25, 0.3) is 11.2 Å². The van der Waals surface area contributed by atoms with Crippen LogP contribution in [-0.2, 0) is 0 Å². The second kappa shape index (κ2) is 4.11. The summed E-state index contributed by atoms with van der Waals surface area (Å²) in [5.74, 6) is -1.60. The van der Waals surface area contributed by atoms with Crippen LogP contribution in [0.2, 0.25) is 0 Å². The van der Waals surface area contributed by atoms with Crippen LogP contribution in [0.1, 0.15) is 37.5 Å². The fourth-order valence-electron chi connectivity index (χ4n) is 2.64. The van der Waals surface area contributed by atoms with Crippen molar-refractivity contribution in [3.05, 3.63) is 12.0 Å². The number of alkyl halides is 2. The molecule has 5 nitrogen and oxygen atoms in total. The van der Waals surface area contributed by atoms with Gasteiger partial charge in [-0.25, -0.2) is 23.7 Å². The highest BCUT2D eigenvalue weighted by Crippen LogP contribution is 2.40. The van der Waals surface area contributed by atoms with E-state index in [1.807, 2.05) is 0 Å². The highest BCUT2D eigenvalue weighted by molar-refractivity contribution is 5.73. The zero-order chi connectivity index (χ0) is 13.6. The molecule has 2 aromatic heterocycles. The minimum Gasteiger partial charge on any atom is -0.369 e. The van der Waals surface area contributed by atoms with E-state index in [0.717, 1.165) is 0 Å². The third-order valence-corrected chi connectivity index (χ3v) is 3.63. The molecule has 2 aromatic rings. The number of imidazole rings is 1. The number of fused-ring (bicyclic) bond motifs is 1. The second-order valence-corrected chi connectivity index (χ2v) is 5.05. The zero-order valence-electron chi connectivity index (χ0n) is 10.6. The number of nitrogens with two attached hydrogens (primary N) is 1. The van der Waals surface area contributed by atoms with Gasteiger partial charge in [0.2, 0.25) is 11.9 Å². The quantitative estimate of drug-likeness (QED) is 0.861. The van der Waals surface area contributed by atoms with Gasteiger partial charge in [-0.3, -0.25) is 4.57 Å². The summed E-state index contributed by atoms with van der Waals surface area (Å²) in [5.41, 5.74) is 7.15. The van der Waals surface area contributed by atoms with Crippen LogP contribution in [0.15, 0.2) is 6.20 Å². The van der Waals surface area contributed by atoms with Crippen LogP contribution in [0.3, 0.4) is 0 Å². The van der Waals surface area contributed by atoms with Gasteiger partial charge in [0.15, 0.2) is 5.65 Å². The average molecular weight is 267 g/mol. The predicted octanol–water partition coefficient (Wildman–Crippen LogP) is 2.47. The lowest BCUT2D eigenvalue weighted by atomic mass is 9.92. The Labute approximate surface area is 108 Å². The molecule has 1 aliphatic carbocycles. The molecule has 0 atom stereocenters. The van der Waals surface area contributed by atoms with E-state index in [9.17, 15) is 8.78 Å². The Balaban J connectivity index is 2.01. The number of hydrogen-bond acceptors (Lipinski definition) is 4. The van der Waals surface area contributed by atoms with Crippen LogP contribution in [-0.4, -0.2) is 25.4 Å². The Kier molecular flexibility index (Phi) is 2.65. The number of aryl methyl sites for hydroxylation is 1. The monoisotopic (exact) mass is 267 g/mol. The molecular formula is C12H15F2N5. The predicted molar refractivity (Wildman–Crippen MR) is 66.9 cm³/mol. The summed E-state index contributed by atoms with van der Waals surface area (Å²) < 4.78 is 28.2. The molecule has 0 amide bonds. The third-order valence-electron chi connectivity index (χ3n) is 3.63. The minimum atomic E-state index is -2.55. The van der Waals surface area contributed by atoms with Gasteiger partial charge >= 0.3 is 0 Å². The number of rotatable bonds is 1. The maximum absolute atomic E-state index is 13.2. The molecule has 2 N–H and O–H groups in total. The van der Waals surface area contributed by atoms with Gasteiger partial charge in [0.1, 0.15) is 11.3 Å². The molecule has 2 heterocycles. The standard InChI is InChI=1S/C12H15F2N5/c1-7-16-6-9-10(17-7)19(11(15)18-9)8-2-4-12(13,14)5-3-8/h6,8H,2-5H2,1H3,(H2,15,18). The summed E-state index contributed by atoms with van der Waals surface area (Å²) in [7, 11) is 0. The van der Waals surface area contributed by atoms with E-state index >= 15 is 0 Å². The largest absolute Gasteiger partial charge is 0.369 e. The van der Waals surface area contributed by atoms with Gasteiger partial charge < -0.3 is 5.73 Å². The molecule has 102 valence electrons. The number of halogens is 2. The van der Waals surface area contributed by atoms with Crippen molar-refractivity contribution in [1.29, 1.82) is 0 Å². The summed E-state index contributed by atoms with van der Waals surface area (Å²) in [4.78, 5) is 12.6. The van der Waals surface area contributed by atoms with Gasteiger partial charge in [0.05, 0.1) is 6.20 Å². The molecule has 1 saturated carbocycles. The summed E-state index contributed by atoms with van der Waals surface area (Å²) in [5, 5.41) is 0. The molecule has 1 fully saturated rings. The summed E-state index contributed by atoms with van der Waals surface area (Å²) >= 11 is 0. The molecule has 0 bridgehead atoms. The Morgan fingerprint density at radius 1 is 1.32 bits per heavy atom. The van der Waals surface area contributed by atoms with Crippen molar-refractivity contribution in [2.24, 2.45) is 0 Å². The molecule has 0 saturated heterocycles. The molecule has 0 spiro atoms. The maximum atomic E-state index is 13.2. The lowest BCUT2D eigenvalue weighted by Crippen LogP contribution is -2.27. The number of anilines is 1. The van der Waals surface area contributed by atoms with Crippen LogP contribution in [0.5, 0.6) is 0 Å². The Hall–Kier alpha value is -1.79. The lowest BCUT2D eigenvalue weighted by molar-refractivity contribution is -0.0435. The van der Waals surface area contributed by atoms with Crippen LogP contribution in [0, 0.1) is 6.92 Å². The second-order valence-electron chi connectivity index (χ2n) is 5.05. The van der Waals surface area contributed by atoms with Crippen LogP contribution >= 0.6 is 0 Å². The van der Waals surface area contributed by atoms with E-state index in [1.165, 1.54) is 0 Å². The van der Waals surface area contributed by atoms with Gasteiger partial charge in [-0.2, -0.15) is 0 Å². The SMILES string of the molecule is Cc1ncc2nc(N)n(C3CCC(F)(F)CC3)c2n1. The third kappa shape index (κ3) is 2.13. The highest BCUT2D eigenvalue weighted by Gasteiger charge is 2.36. The van der Waals surface area contributed by atoms with Crippen molar-refractivity contribution < 1.29 is 8.78 Å². The van der Waals surface area contributed by atoms with E-state index in [1.54, 1.807) is 17.7 Å². The highest BCUT2D eigenvalue weighted by atomic mass is 19.3. The zero-order valence-corrected chi connectivity index (χ0v) is 10.6. The van der Waals surface area contributed by atoms with E-state index in [-0.39, 0.29) is 18.9 Å². The Bertz CT molecular complexity index is 612. The van der Waals surface area contributed by atoms with Gasteiger partial charge in [-0.05, 0) is 19.8 Å². The lowest BCUT2D eigenvalue weighted by Gasteiger charge is -2.29. The fourth-order valence-corrected chi connectivity index (χ4v) is 2.64. The molecule has 1 aliphatic rings. The van der Waals surface area contributed by atoms with Crippen molar-refractivity contribution in [2.45, 2.75) is 44.6 Å². The van der Waals surface area contributed by atoms with Crippen molar-refractivity contribution in [1.82, 2.24) is 19.5 Å². The smallest absolute Gasteiger partial charge is 0.248 e. The van der Waals surface area contributed by atoms with Gasteiger partial charge in [0.25, 0.3) is 0 Å². The Morgan fingerprint density at radius 2 is 2.00 bits per heavy atom. The first-order valence-electron chi connectivity index (χ1n) is 6.31. The molecule has 19 heavy (non-hydrogen) atoms. The molecule has 0 unspecified atom stereocenters. The molecule has 0 radical (unpaired) electrons. The first-order chi connectivity index (χ1) is 8.96. The van der Waals surface area contributed by atoms with E-state index < -0.39 is 5.92 Å². The molecule has 3 rings (SSSR count). The van der Waals surface area contributed by atoms with Gasteiger partial charge in [-0.15, -0.1) is 0 Å². The summed E-state index contributed by atoms with van der Waals surface area (Å²) in [6.07, 6.45) is 2.18. The van der Waals surface area contributed by atoms with Crippen LogP contribution < -0.4 is 5.73 Å². The topological polar surface area (TPSA) is 69.6 Å². The number of nitrogens with zero attached hydrogens (tertiary/aromatic N) is 4. The van der Waals surface area contributed by atoms with E-state index in [2.05, 4.69) is 15.0 Å². The van der Waals surface area contributed by atoms with Crippen molar-refractivity contribution >= 4 is 17.1 Å². The number of hydrogen-bond donors (Lipinski definition) is 1. The number of nitrogen functional groups attached to an aromatic ring is 1.